The highest BCUT2D eigenvalue weighted by molar-refractivity contribution is 14.1. The molecule has 25 heavy (non-hydrogen) atoms. The summed E-state index contributed by atoms with van der Waals surface area (Å²) >= 11 is 7.75. The standard InChI is InChI=1S/C17H10ClIN2O4/c18-10-2-4-11(5-3-10)21-16(24)12(15(23)20-17(21)25)7-9-1-6-14(22)13(19)8-9/h1-8,22H,(H,20,23,25). The van der Waals surface area contributed by atoms with Crippen molar-refractivity contribution in [3.63, 3.8) is 0 Å². The van der Waals surface area contributed by atoms with Crippen LogP contribution in [0.25, 0.3) is 6.08 Å². The van der Waals surface area contributed by atoms with Gasteiger partial charge < -0.3 is 5.11 Å². The van der Waals surface area contributed by atoms with E-state index in [9.17, 15) is 19.5 Å². The van der Waals surface area contributed by atoms with Crippen molar-refractivity contribution in [2.45, 2.75) is 0 Å². The van der Waals surface area contributed by atoms with Crippen LogP contribution in [0.1, 0.15) is 5.56 Å². The van der Waals surface area contributed by atoms with E-state index in [1.807, 2.05) is 22.6 Å². The smallest absolute Gasteiger partial charge is 0.335 e. The van der Waals surface area contributed by atoms with E-state index in [0.29, 0.717) is 19.8 Å². The molecule has 0 atom stereocenters. The molecule has 0 bridgehead atoms. The van der Waals surface area contributed by atoms with Crippen LogP contribution in [-0.2, 0) is 9.59 Å². The van der Waals surface area contributed by atoms with Crippen LogP contribution in [0.3, 0.4) is 0 Å². The van der Waals surface area contributed by atoms with Crippen LogP contribution in [0.5, 0.6) is 5.75 Å². The molecule has 0 unspecified atom stereocenters. The number of hydrogen-bond donors (Lipinski definition) is 2. The fourth-order valence-electron chi connectivity index (χ4n) is 2.26. The van der Waals surface area contributed by atoms with Gasteiger partial charge in [-0.05, 0) is 70.6 Å². The number of nitrogens with zero attached hydrogens (tertiary/aromatic N) is 1. The molecule has 1 heterocycles. The number of aromatic hydroxyl groups is 1. The van der Waals surface area contributed by atoms with Crippen LogP contribution in [0, 0.1) is 3.57 Å². The minimum absolute atomic E-state index is 0.0974. The number of benzene rings is 2. The first kappa shape index (κ1) is 17.4. The second-order valence-electron chi connectivity index (χ2n) is 5.15. The summed E-state index contributed by atoms with van der Waals surface area (Å²) in [5, 5.41) is 12.2. The molecule has 6 nitrogen and oxygen atoms in total. The summed E-state index contributed by atoms with van der Waals surface area (Å²) in [6.07, 6.45) is 1.37. The maximum Gasteiger partial charge on any atom is 0.335 e. The van der Waals surface area contributed by atoms with Gasteiger partial charge in [-0.15, -0.1) is 0 Å². The largest absolute Gasteiger partial charge is 0.507 e. The fraction of sp³-hybridized carbons (Fsp3) is 0. The second-order valence-corrected chi connectivity index (χ2v) is 6.74. The van der Waals surface area contributed by atoms with Crippen molar-refractivity contribution in [1.29, 1.82) is 0 Å². The number of imide groups is 2. The molecule has 2 N–H and O–H groups in total. The Morgan fingerprint density at radius 2 is 1.76 bits per heavy atom. The van der Waals surface area contributed by atoms with Gasteiger partial charge in [0.15, 0.2) is 0 Å². The predicted octanol–water partition coefficient (Wildman–Crippen LogP) is 3.32. The van der Waals surface area contributed by atoms with Gasteiger partial charge in [0.1, 0.15) is 11.3 Å². The van der Waals surface area contributed by atoms with E-state index in [-0.39, 0.29) is 11.3 Å². The van der Waals surface area contributed by atoms with Crippen molar-refractivity contribution in [1.82, 2.24) is 5.32 Å². The van der Waals surface area contributed by atoms with Crippen LogP contribution < -0.4 is 10.2 Å². The topological polar surface area (TPSA) is 86.7 Å². The highest BCUT2D eigenvalue weighted by atomic mass is 127. The number of hydrogen-bond acceptors (Lipinski definition) is 4. The molecular weight excluding hydrogens is 459 g/mol. The van der Waals surface area contributed by atoms with Gasteiger partial charge in [-0.2, -0.15) is 0 Å². The van der Waals surface area contributed by atoms with Crippen LogP contribution >= 0.6 is 34.2 Å². The lowest BCUT2D eigenvalue weighted by Gasteiger charge is -2.26. The maximum atomic E-state index is 12.7. The zero-order valence-corrected chi connectivity index (χ0v) is 15.4. The summed E-state index contributed by atoms with van der Waals surface area (Å²) in [5.41, 5.74) is 0.660. The highest BCUT2D eigenvalue weighted by Crippen LogP contribution is 2.25. The first-order valence-corrected chi connectivity index (χ1v) is 8.48. The number of phenols is 1. The number of amides is 4. The molecule has 0 radical (unpaired) electrons. The van der Waals surface area contributed by atoms with Gasteiger partial charge >= 0.3 is 6.03 Å². The van der Waals surface area contributed by atoms with Crippen molar-refractivity contribution >= 4 is 63.8 Å². The van der Waals surface area contributed by atoms with Gasteiger partial charge in [-0.1, -0.05) is 17.7 Å². The third-order valence-corrected chi connectivity index (χ3v) is 4.59. The lowest BCUT2D eigenvalue weighted by atomic mass is 10.1. The Kier molecular flexibility index (Phi) is 4.78. The molecule has 2 aromatic carbocycles. The Hall–Kier alpha value is -2.39. The van der Waals surface area contributed by atoms with Crippen LogP contribution in [0.2, 0.25) is 5.02 Å². The van der Waals surface area contributed by atoms with Crippen molar-refractivity contribution in [3.05, 3.63) is 62.2 Å². The maximum absolute atomic E-state index is 12.7. The fourth-order valence-corrected chi connectivity index (χ4v) is 2.93. The van der Waals surface area contributed by atoms with Crippen LogP contribution in [-0.4, -0.2) is 23.0 Å². The van der Waals surface area contributed by atoms with Gasteiger partial charge in [0.2, 0.25) is 0 Å². The number of carbonyl (C=O) groups is 3. The first-order valence-electron chi connectivity index (χ1n) is 7.02. The molecule has 1 aliphatic rings. The average Bonchev–Trinajstić information content (AvgIpc) is 2.56. The van der Waals surface area contributed by atoms with Crippen molar-refractivity contribution < 1.29 is 19.5 Å². The molecule has 0 aliphatic carbocycles. The van der Waals surface area contributed by atoms with Crippen molar-refractivity contribution in [2.75, 3.05) is 4.90 Å². The van der Waals surface area contributed by atoms with E-state index in [2.05, 4.69) is 5.32 Å². The summed E-state index contributed by atoms with van der Waals surface area (Å²) < 4.78 is 0.571. The van der Waals surface area contributed by atoms with E-state index in [1.165, 1.54) is 24.3 Å². The summed E-state index contributed by atoms with van der Waals surface area (Å²) in [7, 11) is 0. The molecule has 1 saturated heterocycles. The minimum Gasteiger partial charge on any atom is -0.507 e. The Bertz CT molecular complexity index is 925. The molecule has 2 aromatic rings. The SMILES string of the molecule is O=C1NC(=O)N(c2ccc(Cl)cc2)C(=O)C1=Cc1ccc(O)c(I)c1. The molecule has 1 aliphatic heterocycles. The van der Waals surface area contributed by atoms with Gasteiger partial charge in [-0.3, -0.25) is 14.9 Å². The summed E-state index contributed by atoms with van der Waals surface area (Å²) in [6, 6.07) is 9.92. The van der Waals surface area contributed by atoms with Gasteiger partial charge in [0.05, 0.1) is 9.26 Å². The quantitative estimate of drug-likeness (QED) is 0.402. The number of nitrogens with one attached hydrogen (secondary N) is 1. The average molecular weight is 469 g/mol. The Morgan fingerprint density at radius 1 is 1.08 bits per heavy atom. The molecule has 8 heteroatoms. The van der Waals surface area contributed by atoms with Crippen LogP contribution in [0.15, 0.2) is 48.0 Å². The normalized spacial score (nSPS) is 16.3. The second kappa shape index (κ2) is 6.85. The lowest BCUT2D eigenvalue weighted by molar-refractivity contribution is -0.122. The highest BCUT2D eigenvalue weighted by Gasteiger charge is 2.36. The Morgan fingerprint density at radius 3 is 2.40 bits per heavy atom. The lowest BCUT2D eigenvalue weighted by Crippen LogP contribution is -2.54. The number of rotatable bonds is 2. The van der Waals surface area contributed by atoms with Gasteiger partial charge in [0, 0.05) is 5.02 Å². The van der Waals surface area contributed by atoms with E-state index in [1.54, 1.807) is 24.3 Å². The molecule has 3 rings (SSSR count). The number of carbonyl (C=O) groups excluding carboxylic acids is 3. The van der Waals surface area contributed by atoms with Gasteiger partial charge in [-0.25, -0.2) is 9.69 Å². The third kappa shape index (κ3) is 3.52. The van der Waals surface area contributed by atoms with E-state index < -0.39 is 17.8 Å². The molecule has 4 amide bonds. The van der Waals surface area contributed by atoms with Crippen LogP contribution in [0.4, 0.5) is 10.5 Å². The van der Waals surface area contributed by atoms with Gasteiger partial charge in [0.25, 0.3) is 11.8 Å². The van der Waals surface area contributed by atoms with Crippen molar-refractivity contribution in [3.8, 4) is 5.75 Å². The molecular formula is C17H10ClIN2O4. The monoisotopic (exact) mass is 468 g/mol. The molecule has 0 aromatic heterocycles. The third-order valence-electron chi connectivity index (χ3n) is 3.47. The number of phenolic OH excluding ortho intramolecular Hbond substituents is 1. The van der Waals surface area contributed by atoms with E-state index in [0.717, 1.165) is 4.90 Å². The predicted molar refractivity (Wildman–Crippen MR) is 101 cm³/mol. The number of halogens is 2. The summed E-state index contributed by atoms with van der Waals surface area (Å²) in [6.45, 7) is 0. The Balaban J connectivity index is 2.01. The zero-order chi connectivity index (χ0) is 18.1. The first-order chi connectivity index (χ1) is 11.9. The molecule has 0 spiro atoms. The number of urea groups is 1. The molecule has 126 valence electrons. The van der Waals surface area contributed by atoms with Crippen molar-refractivity contribution in [2.24, 2.45) is 0 Å². The Labute approximate surface area is 161 Å². The zero-order valence-electron chi connectivity index (χ0n) is 12.5. The summed E-state index contributed by atoms with van der Waals surface area (Å²) in [4.78, 5) is 37.7. The number of anilines is 1. The molecule has 0 saturated carbocycles. The van der Waals surface area contributed by atoms with E-state index in [4.69, 9.17) is 11.6 Å². The molecule has 1 fully saturated rings. The van der Waals surface area contributed by atoms with E-state index >= 15 is 0 Å². The number of barbiturate groups is 1. The summed E-state index contributed by atoms with van der Waals surface area (Å²) in [5.74, 6) is -1.41. The minimum atomic E-state index is -0.824.